The molecule has 0 radical (unpaired) electrons. The summed E-state index contributed by atoms with van der Waals surface area (Å²) in [6.07, 6.45) is -2.04. The molecule has 1 aliphatic rings. The highest BCUT2D eigenvalue weighted by atomic mass is 79.9. The summed E-state index contributed by atoms with van der Waals surface area (Å²) in [7, 11) is 0. The molecule has 5 nitrogen and oxygen atoms in total. The molecular weight excluding hydrogens is 399 g/mol. The number of anilines is 2. The van der Waals surface area contributed by atoms with Gasteiger partial charge in [-0.1, -0.05) is 5.11 Å². The third-order valence-electron chi connectivity index (χ3n) is 4.04. The van der Waals surface area contributed by atoms with Crippen molar-refractivity contribution in [3.63, 3.8) is 0 Å². The van der Waals surface area contributed by atoms with Crippen LogP contribution in [0.4, 0.5) is 24.5 Å². The normalized spacial score (nSPS) is 17.0. The summed E-state index contributed by atoms with van der Waals surface area (Å²) in [5.74, 6) is 0.0411. The van der Waals surface area contributed by atoms with E-state index in [0.29, 0.717) is 25.2 Å². The minimum atomic E-state index is -4.37. The number of alkyl halides is 3. The van der Waals surface area contributed by atoms with Crippen LogP contribution in [0, 0.1) is 5.92 Å². The predicted molar refractivity (Wildman–Crippen MR) is 91.6 cm³/mol. The quantitative estimate of drug-likeness (QED) is 0.381. The van der Waals surface area contributed by atoms with Crippen LogP contribution in [0.5, 0.6) is 0 Å². The summed E-state index contributed by atoms with van der Waals surface area (Å²) in [4.78, 5) is 9.11. The van der Waals surface area contributed by atoms with Gasteiger partial charge in [0.1, 0.15) is 0 Å². The third-order valence-corrected chi connectivity index (χ3v) is 4.47. The van der Waals surface area contributed by atoms with Crippen LogP contribution in [0.15, 0.2) is 46.1 Å². The van der Waals surface area contributed by atoms with E-state index in [4.69, 9.17) is 5.53 Å². The van der Waals surface area contributed by atoms with E-state index in [-0.39, 0.29) is 5.92 Å². The number of hydrogen-bond acceptors (Lipinski definition) is 3. The Morgan fingerprint density at radius 2 is 2.04 bits per heavy atom. The van der Waals surface area contributed by atoms with E-state index in [0.717, 1.165) is 28.0 Å². The molecule has 0 saturated carbocycles. The van der Waals surface area contributed by atoms with Crippen molar-refractivity contribution in [2.75, 3.05) is 18.0 Å². The summed E-state index contributed by atoms with van der Waals surface area (Å²) in [5, 5.41) is 3.63. The average molecular weight is 412 g/mol. The number of nitrogens with zero attached hydrogens (tertiary/aromatic N) is 5. The molecule has 1 aliphatic heterocycles. The van der Waals surface area contributed by atoms with Crippen molar-refractivity contribution in [1.82, 2.24) is 4.98 Å². The number of hydrogen-bond donors (Lipinski definition) is 0. The number of rotatable bonds is 3. The molecule has 2 heterocycles. The van der Waals surface area contributed by atoms with Crippen molar-refractivity contribution in [2.45, 2.75) is 12.6 Å². The first-order valence-electron chi connectivity index (χ1n) is 7.48. The summed E-state index contributed by atoms with van der Waals surface area (Å²) < 4.78 is 39.1. The lowest BCUT2D eigenvalue weighted by Crippen LogP contribution is -2.34. The van der Waals surface area contributed by atoms with E-state index < -0.39 is 11.7 Å². The number of benzene rings is 1. The van der Waals surface area contributed by atoms with Crippen LogP contribution >= 0.6 is 15.9 Å². The molecule has 2 aromatic rings. The second kappa shape index (κ2) is 6.93. The fourth-order valence-corrected chi connectivity index (χ4v) is 3.21. The molecule has 9 heteroatoms. The number of pyridine rings is 1. The Labute approximate surface area is 150 Å². The largest absolute Gasteiger partial charge is 0.416 e. The molecule has 0 fully saturated rings. The van der Waals surface area contributed by atoms with Crippen molar-refractivity contribution in [2.24, 2.45) is 11.0 Å². The SMILES string of the molecule is [N-]=[N+]=NCC1Cc2ncc(Br)cc2N(c2ccc(C(F)(F)F)cc2)C1. The lowest BCUT2D eigenvalue weighted by atomic mass is 9.95. The summed E-state index contributed by atoms with van der Waals surface area (Å²) in [6, 6.07) is 6.92. The fourth-order valence-electron chi connectivity index (χ4n) is 2.89. The van der Waals surface area contributed by atoms with Gasteiger partial charge in [0.25, 0.3) is 0 Å². The Hall–Kier alpha value is -2.25. The van der Waals surface area contributed by atoms with E-state index in [1.807, 2.05) is 11.0 Å². The lowest BCUT2D eigenvalue weighted by Gasteiger charge is -2.35. The van der Waals surface area contributed by atoms with Crippen LogP contribution in [0.2, 0.25) is 0 Å². The van der Waals surface area contributed by atoms with Gasteiger partial charge < -0.3 is 4.90 Å². The van der Waals surface area contributed by atoms with E-state index in [1.54, 1.807) is 6.20 Å². The molecule has 1 aromatic carbocycles. The molecule has 3 rings (SSSR count). The van der Waals surface area contributed by atoms with Crippen LogP contribution in [-0.2, 0) is 12.6 Å². The van der Waals surface area contributed by atoms with Crippen molar-refractivity contribution in [1.29, 1.82) is 0 Å². The molecule has 0 aliphatic carbocycles. The first-order chi connectivity index (χ1) is 11.9. The summed E-state index contributed by atoms with van der Waals surface area (Å²) in [6.45, 7) is 0.848. The van der Waals surface area contributed by atoms with Crippen LogP contribution in [-0.4, -0.2) is 18.1 Å². The molecule has 1 atom stereocenters. The maximum Gasteiger partial charge on any atom is 0.416 e. The molecule has 0 amide bonds. The Morgan fingerprint density at radius 1 is 1.32 bits per heavy atom. The highest BCUT2D eigenvalue weighted by Gasteiger charge is 2.31. The molecule has 1 unspecified atom stereocenters. The molecule has 25 heavy (non-hydrogen) atoms. The van der Waals surface area contributed by atoms with Gasteiger partial charge in [0.15, 0.2) is 0 Å². The minimum Gasteiger partial charge on any atom is -0.340 e. The Kier molecular flexibility index (Phi) is 4.87. The molecule has 0 bridgehead atoms. The fraction of sp³-hybridized carbons (Fsp3) is 0.312. The third kappa shape index (κ3) is 3.88. The average Bonchev–Trinajstić information content (AvgIpc) is 2.59. The van der Waals surface area contributed by atoms with Crippen LogP contribution in [0.3, 0.4) is 0 Å². The van der Waals surface area contributed by atoms with Crippen LogP contribution < -0.4 is 4.90 Å². The van der Waals surface area contributed by atoms with Crippen molar-refractivity contribution in [3.05, 3.63) is 62.7 Å². The molecule has 0 N–H and O–H groups in total. The van der Waals surface area contributed by atoms with Crippen LogP contribution in [0.1, 0.15) is 11.3 Å². The van der Waals surface area contributed by atoms with Crippen molar-refractivity contribution < 1.29 is 13.2 Å². The summed E-state index contributed by atoms with van der Waals surface area (Å²) >= 11 is 3.38. The van der Waals surface area contributed by atoms with Gasteiger partial charge in [-0.05, 0) is 64.1 Å². The van der Waals surface area contributed by atoms with Gasteiger partial charge in [-0.15, -0.1) is 0 Å². The van der Waals surface area contributed by atoms with Gasteiger partial charge in [-0.3, -0.25) is 4.98 Å². The van der Waals surface area contributed by atoms with E-state index in [2.05, 4.69) is 30.9 Å². The van der Waals surface area contributed by atoms with Gasteiger partial charge in [-0.2, -0.15) is 13.2 Å². The number of azide groups is 1. The van der Waals surface area contributed by atoms with Gasteiger partial charge in [0, 0.05) is 34.4 Å². The molecule has 0 spiro atoms. The van der Waals surface area contributed by atoms with E-state index in [9.17, 15) is 13.2 Å². The number of halogens is 4. The lowest BCUT2D eigenvalue weighted by molar-refractivity contribution is -0.137. The van der Waals surface area contributed by atoms with Crippen molar-refractivity contribution in [3.8, 4) is 0 Å². The van der Waals surface area contributed by atoms with E-state index in [1.165, 1.54) is 12.1 Å². The maximum absolute atomic E-state index is 12.8. The highest BCUT2D eigenvalue weighted by Crippen LogP contribution is 2.37. The Morgan fingerprint density at radius 3 is 2.68 bits per heavy atom. The predicted octanol–water partition coefficient (Wildman–Crippen LogP) is 5.48. The summed E-state index contributed by atoms with van der Waals surface area (Å²) in [5.41, 5.74) is 10.2. The highest BCUT2D eigenvalue weighted by molar-refractivity contribution is 9.10. The first-order valence-corrected chi connectivity index (χ1v) is 8.28. The Balaban J connectivity index is 1.98. The molecule has 0 saturated heterocycles. The Bertz CT molecular complexity index is 816. The number of aromatic nitrogens is 1. The monoisotopic (exact) mass is 411 g/mol. The first kappa shape index (κ1) is 17.6. The zero-order chi connectivity index (χ0) is 18.0. The second-order valence-electron chi connectivity index (χ2n) is 5.76. The molecular formula is C16H13BrF3N5. The van der Waals surface area contributed by atoms with Gasteiger partial charge in [0.2, 0.25) is 0 Å². The van der Waals surface area contributed by atoms with Gasteiger partial charge in [0.05, 0.1) is 16.9 Å². The zero-order valence-electron chi connectivity index (χ0n) is 12.9. The minimum absolute atomic E-state index is 0.0411. The van der Waals surface area contributed by atoms with Crippen molar-refractivity contribution >= 4 is 27.3 Å². The smallest absolute Gasteiger partial charge is 0.340 e. The van der Waals surface area contributed by atoms with Crippen LogP contribution in [0.25, 0.3) is 10.4 Å². The van der Waals surface area contributed by atoms with Gasteiger partial charge in [-0.25, -0.2) is 0 Å². The standard InChI is InChI=1S/C16H13BrF3N5/c17-12-6-15-14(22-8-12)5-10(7-23-24-21)9-25(15)13-3-1-11(2-4-13)16(18,19)20/h1-4,6,8,10H,5,7,9H2. The number of fused-ring (bicyclic) bond motifs is 1. The molecule has 130 valence electrons. The topological polar surface area (TPSA) is 64.9 Å². The molecule has 1 aromatic heterocycles. The zero-order valence-corrected chi connectivity index (χ0v) is 14.5. The second-order valence-corrected chi connectivity index (χ2v) is 6.67. The maximum atomic E-state index is 12.8. The van der Waals surface area contributed by atoms with E-state index >= 15 is 0 Å². The van der Waals surface area contributed by atoms with Gasteiger partial charge >= 0.3 is 6.18 Å².